The first-order valence-corrected chi connectivity index (χ1v) is 12.0. The zero-order chi connectivity index (χ0) is 21.7. The van der Waals surface area contributed by atoms with Gasteiger partial charge >= 0.3 is 0 Å². The van der Waals surface area contributed by atoms with Crippen LogP contribution in [0.25, 0.3) is 11.1 Å². The number of carbonyl (C=O) groups excluding carboxylic acids is 1. The Balaban J connectivity index is 1.78. The molecule has 0 radical (unpaired) electrons. The lowest BCUT2D eigenvalue weighted by molar-refractivity contribution is -0.123. The highest BCUT2D eigenvalue weighted by molar-refractivity contribution is 7.90. The minimum absolute atomic E-state index is 0.0544. The van der Waals surface area contributed by atoms with Crippen LogP contribution in [0.15, 0.2) is 48.5 Å². The Labute approximate surface area is 179 Å². The quantitative estimate of drug-likeness (QED) is 0.601. The van der Waals surface area contributed by atoms with Crippen molar-refractivity contribution < 1.29 is 13.2 Å². The maximum Gasteiger partial charge on any atom is 0.220 e. The van der Waals surface area contributed by atoms with Gasteiger partial charge in [-0.25, -0.2) is 13.1 Å². The van der Waals surface area contributed by atoms with Gasteiger partial charge in [0, 0.05) is 24.9 Å². The lowest BCUT2D eigenvalue weighted by atomic mass is 9.85. The van der Waals surface area contributed by atoms with Crippen LogP contribution in [-0.2, 0) is 21.2 Å². The van der Waals surface area contributed by atoms with Crippen molar-refractivity contribution >= 4 is 15.9 Å². The highest BCUT2D eigenvalue weighted by atomic mass is 32.2. The van der Waals surface area contributed by atoms with Gasteiger partial charge in [0.2, 0.25) is 15.9 Å². The molecule has 0 aromatic heterocycles. The summed E-state index contributed by atoms with van der Waals surface area (Å²) in [5, 5.41) is 5.42. The number of hydrogen-bond donors (Lipinski definition) is 3. The largest absolute Gasteiger partial charge is 0.354 e. The van der Waals surface area contributed by atoms with Gasteiger partial charge in [-0.05, 0) is 56.1 Å². The van der Waals surface area contributed by atoms with E-state index >= 15 is 0 Å². The molecule has 2 unspecified atom stereocenters. The maximum absolute atomic E-state index is 12.4. The van der Waals surface area contributed by atoms with Crippen LogP contribution in [0, 0.1) is 0 Å². The Morgan fingerprint density at radius 1 is 1.03 bits per heavy atom. The molecule has 3 N–H and O–H groups in total. The Bertz CT molecular complexity index is 954. The number of hydrogen-bond acceptors (Lipinski definition) is 4. The number of rotatable bonds is 8. The summed E-state index contributed by atoms with van der Waals surface area (Å²) in [5.74, 6) is -0.244. The molecule has 1 saturated heterocycles. The van der Waals surface area contributed by atoms with E-state index in [2.05, 4.69) is 39.6 Å². The number of benzene rings is 2. The normalized spacial score (nSPS) is 19.7. The second-order valence-corrected chi connectivity index (χ2v) is 10.4. The predicted molar refractivity (Wildman–Crippen MR) is 121 cm³/mol. The molecule has 0 bridgehead atoms. The van der Waals surface area contributed by atoms with Crippen molar-refractivity contribution in [2.24, 2.45) is 0 Å². The molecular formula is C23H31N3O3S. The van der Waals surface area contributed by atoms with Crippen LogP contribution in [0.3, 0.4) is 0 Å². The Hall–Kier alpha value is -2.22. The number of piperidine rings is 1. The van der Waals surface area contributed by atoms with Gasteiger partial charge in [0.15, 0.2) is 0 Å². The van der Waals surface area contributed by atoms with Gasteiger partial charge in [-0.3, -0.25) is 4.79 Å². The van der Waals surface area contributed by atoms with Crippen molar-refractivity contribution in [2.75, 3.05) is 20.1 Å². The van der Waals surface area contributed by atoms with Crippen LogP contribution in [-0.4, -0.2) is 45.8 Å². The summed E-state index contributed by atoms with van der Waals surface area (Å²) in [4.78, 5) is 12.0. The Morgan fingerprint density at radius 3 is 2.20 bits per heavy atom. The average Bonchev–Trinajstić information content (AvgIpc) is 2.74. The molecule has 0 spiro atoms. The van der Waals surface area contributed by atoms with Gasteiger partial charge in [0.1, 0.15) is 0 Å². The smallest absolute Gasteiger partial charge is 0.220 e. The highest BCUT2D eigenvalue weighted by Crippen LogP contribution is 2.29. The third-order valence-electron chi connectivity index (χ3n) is 5.64. The monoisotopic (exact) mass is 429 g/mol. The van der Waals surface area contributed by atoms with E-state index in [1.165, 1.54) is 5.56 Å². The van der Waals surface area contributed by atoms with E-state index in [9.17, 15) is 13.2 Å². The minimum Gasteiger partial charge on any atom is -0.354 e. The predicted octanol–water partition coefficient (Wildman–Crippen LogP) is 2.42. The first-order valence-electron chi connectivity index (χ1n) is 10.4. The van der Waals surface area contributed by atoms with Crippen molar-refractivity contribution in [3.8, 4) is 11.1 Å². The van der Waals surface area contributed by atoms with Crippen LogP contribution in [0.4, 0.5) is 0 Å². The lowest BCUT2D eigenvalue weighted by Gasteiger charge is -2.33. The second-order valence-electron chi connectivity index (χ2n) is 8.11. The van der Waals surface area contributed by atoms with Crippen molar-refractivity contribution in [1.29, 1.82) is 0 Å². The molecule has 1 aliphatic heterocycles. The molecule has 30 heavy (non-hydrogen) atoms. The topological polar surface area (TPSA) is 87.3 Å². The van der Waals surface area contributed by atoms with E-state index in [0.29, 0.717) is 6.54 Å². The maximum atomic E-state index is 12.4. The molecule has 162 valence electrons. The molecule has 6 nitrogen and oxygen atoms in total. The van der Waals surface area contributed by atoms with E-state index in [1.807, 2.05) is 31.3 Å². The number of likely N-dealkylation sites (N-methyl/N-ethyl adjacent to an activating group) is 1. The molecule has 3 rings (SSSR count). The molecular weight excluding hydrogens is 398 g/mol. The Kier molecular flexibility index (Phi) is 7.28. The van der Waals surface area contributed by atoms with Crippen LogP contribution < -0.4 is 15.4 Å². The van der Waals surface area contributed by atoms with Gasteiger partial charge in [0.05, 0.1) is 5.25 Å². The molecule has 1 amide bonds. The molecule has 1 aliphatic rings. The Morgan fingerprint density at radius 2 is 1.63 bits per heavy atom. The number of nitrogens with one attached hydrogen (secondary N) is 3. The van der Waals surface area contributed by atoms with E-state index in [-0.39, 0.29) is 24.3 Å². The summed E-state index contributed by atoms with van der Waals surface area (Å²) in [7, 11) is -1.48. The zero-order valence-electron chi connectivity index (χ0n) is 17.8. The minimum atomic E-state index is -3.42. The van der Waals surface area contributed by atoms with Crippen LogP contribution >= 0.6 is 0 Å². The summed E-state index contributed by atoms with van der Waals surface area (Å²) in [6.07, 6.45) is 1.26. The molecule has 2 aromatic carbocycles. The summed E-state index contributed by atoms with van der Waals surface area (Å²) in [5.41, 5.74) is 4.49. The molecule has 0 aliphatic carbocycles. The van der Waals surface area contributed by atoms with Crippen molar-refractivity contribution in [3.05, 3.63) is 59.7 Å². The molecule has 0 saturated carbocycles. The van der Waals surface area contributed by atoms with E-state index in [1.54, 1.807) is 13.8 Å². The van der Waals surface area contributed by atoms with Crippen LogP contribution in [0.5, 0.6) is 0 Å². The lowest BCUT2D eigenvalue weighted by Crippen LogP contribution is -2.53. The SMILES string of the molecule is CNCCc1ccc(-c2ccc(C3CC(=O)NCC3NS(=O)(=O)C(C)C)cc2)cc1. The number of amides is 1. The van der Waals surface area contributed by atoms with Crippen LogP contribution in [0.1, 0.15) is 37.3 Å². The second kappa shape index (κ2) is 9.73. The molecule has 1 fully saturated rings. The third kappa shape index (κ3) is 5.47. The first kappa shape index (κ1) is 22.5. The van der Waals surface area contributed by atoms with Gasteiger partial charge < -0.3 is 10.6 Å². The molecule has 2 atom stereocenters. The summed E-state index contributed by atoms with van der Waals surface area (Å²) in [6.45, 7) is 4.55. The van der Waals surface area contributed by atoms with Crippen molar-refractivity contribution in [3.63, 3.8) is 0 Å². The highest BCUT2D eigenvalue weighted by Gasteiger charge is 2.34. The van der Waals surface area contributed by atoms with Crippen molar-refractivity contribution in [2.45, 2.75) is 43.9 Å². The van der Waals surface area contributed by atoms with Gasteiger partial charge in [0.25, 0.3) is 0 Å². The van der Waals surface area contributed by atoms with Crippen LogP contribution in [0.2, 0.25) is 0 Å². The fraction of sp³-hybridized carbons (Fsp3) is 0.435. The third-order valence-corrected chi connectivity index (χ3v) is 7.51. The number of carbonyl (C=O) groups is 1. The standard InChI is InChI=1S/C23H31N3O3S/c1-16(2)30(28,29)26-22-15-25-23(27)14-21(22)20-10-8-19(9-11-20)18-6-4-17(5-7-18)12-13-24-3/h4-11,16,21-22,24,26H,12-15H2,1-3H3,(H,25,27). The summed E-state index contributed by atoms with van der Waals surface area (Å²) in [6, 6.07) is 16.3. The van der Waals surface area contributed by atoms with E-state index < -0.39 is 15.3 Å². The molecule has 2 aromatic rings. The van der Waals surface area contributed by atoms with Gasteiger partial charge in [-0.15, -0.1) is 0 Å². The number of sulfonamides is 1. The fourth-order valence-electron chi connectivity index (χ4n) is 3.66. The molecule has 1 heterocycles. The fourth-order valence-corrected chi connectivity index (χ4v) is 4.60. The van der Waals surface area contributed by atoms with Crippen molar-refractivity contribution in [1.82, 2.24) is 15.4 Å². The first-order chi connectivity index (χ1) is 14.3. The van der Waals surface area contributed by atoms with E-state index in [0.717, 1.165) is 29.7 Å². The average molecular weight is 430 g/mol. The zero-order valence-corrected chi connectivity index (χ0v) is 18.6. The van der Waals surface area contributed by atoms with E-state index in [4.69, 9.17) is 0 Å². The molecule has 7 heteroatoms. The summed E-state index contributed by atoms with van der Waals surface area (Å²) >= 11 is 0. The van der Waals surface area contributed by atoms with Gasteiger partial charge in [-0.2, -0.15) is 0 Å². The van der Waals surface area contributed by atoms with Gasteiger partial charge in [-0.1, -0.05) is 48.5 Å². The summed E-state index contributed by atoms with van der Waals surface area (Å²) < 4.78 is 27.5.